The second-order valence-electron chi connectivity index (χ2n) is 7.41. The van der Waals surface area contributed by atoms with Gasteiger partial charge in [0.2, 0.25) is 0 Å². The number of halogens is 2. The molecule has 0 aliphatic rings. The number of hydrogen-bond donors (Lipinski definition) is 2. The Balaban J connectivity index is 1.47. The van der Waals surface area contributed by atoms with Crippen molar-refractivity contribution < 1.29 is 46.5 Å². The van der Waals surface area contributed by atoms with E-state index in [1.165, 1.54) is 36.8 Å². The van der Waals surface area contributed by atoms with Crippen molar-refractivity contribution in [2.75, 3.05) is 32.0 Å². The van der Waals surface area contributed by atoms with E-state index in [4.69, 9.17) is 18.6 Å². The number of esters is 2. The maximum absolute atomic E-state index is 14.2. The van der Waals surface area contributed by atoms with Gasteiger partial charge >= 0.3 is 24.0 Å². The van der Waals surface area contributed by atoms with Crippen molar-refractivity contribution in [1.29, 1.82) is 0 Å². The first-order valence-corrected chi connectivity index (χ1v) is 11.5. The number of anilines is 2. The quantitative estimate of drug-likeness (QED) is 0.293. The number of carbonyl (C=O) groups is 3. The molecule has 38 heavy (non-hydrogen) atoms. The highest BCUT2D eigenvalue weighted by molar-refractivity contribution is 7.13. The van der Waals surface area contributed by atoms with Crippen molar-refractivity contribution in [2.45, 2.75) is 6.61 Å². The van der Waals surface area contributed by atoms with E-state index in [1.54, 1.807) is 0 Å². The van der Waals surface area contributed by atoms with Crippen LogP contribution in [0.1, 0.15) is 25.6 Å². The molecule has 0 aliphatic carbocycles. The summed E-state index contributed by atoms with van der Waals surface area (Å²) in [5.74, 6) is -3.65. The zero-order chi connectivity index (χ0) is 27.4. The number of ether oxygens (including phenoxy) is 4. The number of hydrogen-bond acceptors (Lipinski definition) is 10. The standard InChI is InChI=1S/C24H19F2N3O8S/c1-33-16-7-5-13(25)19(26)12(16)9-36-24-29-14-8-11(4-6-17(14)37-24)27-23(32)28-15-10-38-20(22(31)35-3)18(15)21(30)34-2/h4-8,10H,9H2,1-3H3,(H2,27,28,32). The van der Waals surface area contributed by atoms with Crippen LogP contribution in [0.25, 0.3) is 11.1 Å². The van der Waals surface area contributed by atoms with Gasteiger partial charge in [0.1, 0.15) is 28.3 Å². The molecule has 0 saturated heterocycles. The number of benzene rings is 2. The van der Waals surface area contributed by atoms with Crippen molar-refractivity contribution in [3.8, 4) is 11.8 Å². The third kappa shape index (κ3) is 5.34. The highest BCUT2D eigenvalue weighted by atomic mass is 32.1. The van der Waals surface area contributed by atoms with Gasteiger partial charge in [0.05, 0.1) is 32.6 Å². The lowest BCUT2D eigenvalue weighted by atomic mass is 10.2. The summed E-state index contributed by atoms with van der Waals surface area (Å²) in [5.41, 5.74) is 0.659. The molecule has 4 aromatic rings. The van der Waals surface area contributed by atoms with Crippen molar-refractivity contribution >= 4 is 51.8 Å². The maximum atomic E-state index is 14.2. The van der Waals surface area contributed by atoms with Gasteiger partial charge in [-0.3, -0.25) is 0 Å². The number of carbonyl (C=O) groups excluding carboxylic acids is 3. The summed E-state index contributed by atoms with van der Waals surface area (Å²) >= 11 is 0.906. The Kier molecular flexibility index (Phi) is 7.71. The van der Waals surface area contributed by atoms with Gasteiger partial charge < -0.3 is 34.0 Å². The number of methoxy groups -OCH3 is 3. The van der Waals surface area contributed by atoms with Crippen LogP contribution < -0.4 is 20.1 Å². The molecule has 2 aromatic heterocycles. The summed E-state index contributed by atoms with van der Waals surface area (Å²) in [6.07, 6.45) is -0.219. The molecule has 2 N–H and O–H groups in total. The summed E-state index contributed by atoms with van der Waals surface area (Å²) in [5, 5.41) is 6.46. The number of rotatable bonds is 8. The van der Waals surface area contributed by atoms with Gasteiger partial charge in [0.25, 0.3) is 0 Å². The Bertz CT molecular complexity index is 1530. The summed E-state index contributed by atoms with van der Waals surface area (Å²) < 4.78 is 53.0. The molecule has 0 spiro atoms. The average Bonchev–Trinajstić information content (AvgIpc) is 3.52. The van der Waals surface area contributed by atoms with Gasteiger partial charge in [-0.2, -0.15) is 4.98 Å². The molecular weight excluding hydrogens is 528 g/mol. The minimum absolute atomic E-state index is 0.0260. The van der Waals surface area contributed by atoms with Gasteiger partial charge in [-0.1, -0.05) is 0 Å². The van der Waals surface area contributed by atoms with Crippen LogP contribution in [0.3, 0.4) is 0 Å². The number of amides is 2. The van der Waals surface area contributed by atoms with Gasteiger partial charge in [0.15, 0.2) is 17.2 Å². The fraction of sp³-hybridized carbons (Fsp3) is 0.167. The molecule has 14 heteroatoms. The number of thiophene rings is 1. The van der Waals surface area contributed by atoms with E-state index in [0.29, 0.717) is 16.8 Å². The largest absolute Gasteiger partial charge is 0.496 e. The van der Waals surface area contributed by atoms with E-state index >= 15 is 0 Å². The smallest absolute Gasteiger partial charge is 0.394 e. The number of urea groups is 1. The fourth-order valence-electron chi connectivity index (χ4n) is 3.36. The minimum Gasteiger partial charge on any atom is -0.496 e. The van der Waals surface area contributed by atoms with E-state index < -0.39 is 36.2 Å². The van der Waals surface area contributed by atoms with Gasteiger partial charge in [-0.05, 0) is 30.3 Å². The van der Waals surface area contributed by atoms with E-state index in [0.717, 1.165) is 31.6 Å². The normalized spacial score (nSPS) is 10.7. The van der Waals surface area contributed by atoms with Crippen LogP contribution in [0.2, 0.25) is 0 Å². The Hall–Kier alpha value is -4.72. The highest BCUT2D eigenvalue weighted by Crippen LogP contribution is 2.30. The van der Waals surface area contributed by atoms with Crippen LogP contribution in [0, 0.1) is 11.6 Å². The first-order valence-electron chi connectivity index (χ1n) is 10.7. The predicted molar refractivity (Wildman–Crippen MR) is 131 cm³/mol. The molecule has 4 rings (SSSR count). The third-order valence-corrected chi connectivity index (χ3v) is 6.10. The second-order valence-corrected chi connectivity index (χ2v) is 8.29. The Morgan fingerprint density at radius 2 is 1.79 bits per heavy atom. The molecule has 2 aromatic carbocycles. The molecule has 0 bridgehead atoms. The number of fused-ring (bicyclic) bond motifs is 1. The zero-order valence-corrected chi connectivity index (χ0v) is 20.9. The van der Waals surface area contributed by atoms with Gasteiger partial charge in [-0.15, -0.1) is 11.3 Å². The summed E-state index contributed by atoms with van der Waals surface area (Å²) in [4.78, 5) is 40.8. The molecule has 2 heterocycles. The van der Waals surface area contributed by atoms with Gasteiger partial charge in [0, 0.05) is 11.1 Å². The van der Waals surface area contributed by atoms with Crippen LogP contribution in [-0.2, 0) is 16.1 Å². The van der Waals surface area contributed by atoms with Crippen molar-refractivity contribution in [1.82, 2.24) is 4.98 Å². The SMILES string of the molecule is COC(=O)c1scc(NC(=O)Nc2ccc3oc(OCc4c(OC)ccc(F)c4F)nc3c2)c1C(=O)OC. The van der Waals surface area contributed by atoms with Crippen molar-refractivity contribution in [3.05, 3.63) is 63.4 Å². The number of nitrogens with one attached hydrogen (secondary N) is 2. The lowest BCUT2D eigenvalue weighted by Gasteiger charge is -2.09. The van der Waals surface area contributed by atoms with Crippen LogP contribution in [0.15, 0.2) is 40.1 Å². The van der Waals surface area contributed by atoms with Crippen LogP contribution in [-0.4, -0.2) is 44.3 Å². The summed E-state index contributed by atoms with van der Waals surface area (Å²) in [6, 6.07) is 5.98. The topological polar surface area (TPSA) is 138 Å². The molecule has 0 aliphatic heterocycles. The number of aromatic nitrogens is 1. The van der Waals surface area contributed by atoms with E-state index in [1.807, 2.05) is 0 Å². The molecule has 0 saturated carbocycles. The predicted octanol–water partition coefficient (Wildman–Crippen LogP) is 4.97. The van der Waals surface area contributed by atoms with Crippen molar-refractivity contribution in [3.63, 3.8) is 0 Å². The first kappa shape index (κ1) is 26.3. The summed E-state index contributed by atoms with van der Waals surface area (Å²) in [7, 11) is 3.62. The molecule has 0 radical (unpaired) electrons. The molecule has 0 atom stereocenters. The van der Waals surface area contributed by atoms with Crippen molar-refractivity contribution in [2.24, 2.45) is 0 Å². The molecule has 198 valence electrons. The third-order valence-electron chi connectivity index (χ3n) is 5.14. The molecule has 2 amide bonds. The van der Waals surface area contributed by atoms with Crippen LogP contribution in [0.5, 0.6) is 11.8 Å². The fourth-order valence-corrected chi connectivity index (χ4v) is 4.27. The highest BCUT2D eigenvalue weighted by Gasteiger charge is 2.26. The average molecular weight is 547 g/mol. The second kappa shape index (κ2) is 11.1. The summed E-state index contributed by atoms with van der Waals surface area (Å²) in [6.45, 7) is -0.413. The molecule has 0 fully saturated rings. The molecule has 0 unspecified atom stereocenters. The Labute approximate surface area is 217 Å². The van der Waals surface area contributed by atoms with Gasteiger partial charge in [-0.25, -0.2) is 23.2 Å². The zero-order valence-electron chi connectivity index (χ0n) is 20.0. The minimum atomic E-state index is -1.11. The van der Waals surface area contributed by atoms with E-state index in [2.05, 4.69) is 20.4 Å². The lowest BCUT2D eigenvalue weighted by Crippen LogP contribution is -2.21. The molecular formula is C24H19F2N3O8S. The Morgan fingerprint density at radius 3 is 2.50 bits per heavy atom. The van der Waals surface area contributed by atoms with E-state index in [-0.39, 0.29) is 33.5 Å². The number of oxazole rings is 1. The molecule has 11 nitrogen and oxygen atoms in total. The lowest BCUT2D eigenvalue weighted by molar-refractivity contribution is 0.0561. The number of nitrogens with zero attached hydrogens (tertiary/aromatic N) is 1. The van der Waals surface area contributed by atoms with Crippen LogP contribution in [0.4, 0.5) is 25.0 Å². The Morgan fingerprint density at radius 1 is 1.03 bits per heavy atom. The monoisotopic (exact) mass is 547 g/mol. The first-order chi connectivity index (χ1) is 18.2. The maximum Gasteiger partial charge on any atom is 0.394 e. The van der Waals surface area contributed by atoms with Crippen LogP contribution >= 0.6 is 11.3 Å². The van der Waals surface area contributed by atoms with E-state index in [9.17, 15) is 23.2 Å².